The lowest BCUT2D eigenvalue weighted by Crippen LogP contribution is -2.41. The van der Waals surface area contributed by atoms with Gasteiger partial charge in [0.15, 0.2) is 0 Å². The maximum atomic E-state index is 12.0. The number of likely N-dealkylation sites (tertiary alicyclic amines) is 1. The van der Waals surface area contributed by atoms with Crippen LogP contribution >= 0.6 is 22.6 Å². The molecule has 1 amide bonds. The number of amides is 1. The molecule has 1 unspecified atom stereocenters. The highest BCUT2D eigenvalue weighted by atomic mass is 127. The van der Waals surface area contributed by atoms with Crippen LogP contribution in [0.2, 0.25) is 0 Å². The highest BCUT2D eigenvalue weighted by Crippen LogP contribution is 2.25. The number of aliphatic hydroxyl groups is 1. The highest BCUT2D eigenvalue weighted by molar-refractivity contribution is 14.1. The summed E-state index contributed by atoms with van der Waals surface area (Å²) in [6, 6.07) is 0. The first-order valence-corrected chi connectivity index (χ1v) is 7.63. The second-order valence-corrected chi connectivity index (χ2v) is 7.48. The van der Waals surface area contributed by atoms with Gasteiger partial charge in [0.1, 0.15) is 11.2 Å². The van der Waals surface area contributed by atoms with Gasteiger partial charge < -0.3 is 14.7 Å². The summed E-state index contributed by atoms with van der Waals surface area (Å²) in [5, 5.41) is 14.7. The molecular formula is C13H20IN3O3. The normalized spacial score (nSPS) is 23.1. The van der Waals surface area contributed by atoms with Gasteiger partial charge in [-0.2, -0.15) is 5.10 Å². The van der Waals surface area contributed by atoms with Crippen molar-refractivity contribution in [2.24, 2.45) is 0 Å². The molecule has 1 atom stereocenters. The number of halogens is 1. The molecule has 1 aliphatic rings. The molecular weight excluding hydrogens is 373 g/mol. The highest BCUT2D eigenvalue weighted by Gasteiger charge is 2.40. The molecule has 0 radical (unpaired) electrons. The first-order valence-electron chi connectivity index (χ1n) is 6.55. The number of nitrogens with zero attached hydrogens (tertiary/aromatic N) is 3. The average Bonchev–Trinajstić information content (AvgIpc) is 2.84. The fraction of sp³-hybridized carbons (Fsp3) is 0.692. The van der Waals surface area contributed by atoms with Crippen LogP contribution in [0.15, 0.2) is 12.4 Å². The largest absolute Gasteiger partial charge is 0.444 e. The third kappa shape index (κ3) is 4.08. The topological polar surface area (TPSA) is 67.6 Å². The van der Waals surface area contributed by atoms with Crippen molar-refractivity contribution in [3.05, 3.63) is 16.0 Å². The molecule has 0 saturated carbocycles. The first-order chi connectivity index (χ1) is 9.17. The standard InChI is InChI=1S/C13H20IN3O3/c1-12(2,3)20-11(18)16-5-4-13(19,8-16)9-17-7-10(14)6-15-17/h6-7,19H,4-5,8-9H2,1-3H3. The van der Waals surface area contributed by atoms with E-state index in [0.29, 0.717) is 19.5 Å². The van der Waals surface area contributed by atoms with Gasteiger partial charge in [0, 0.05) is 12.7 Å². The molecule has 1 saturated heterocycles. The summed E-state index contributed by atoms with van der Waals surface area (Å²) >= 11 is 2.17. The lowest BCUT2D eigenvalue weighted by molar-refractivity contribution is 0.00799. The van der Waals surface area contributed by atoms with Gasteiger partial charge in [-0.1, -0.05) is 0 Å². The van der Waals surface area contributed by atoms with E-state index in [-0.39, 0.29) is 12.6 Å². The van der Waals surface area contributed by atoms with Crippen molar-refractivity contribution in [1.82, 2.24) is 14.7 Å². The number of hydrogen-bond acceptors (Lipinski definition) is 4. The molecule has 1 fully saturated rings. The van der Waals surface area contributed by atoms with Crippen molar-refractivity contribution in [2.45, 2.75) is 44.9 Å². The summed E-state index contributed by atoms with van der Waals surface area (Å²) in [6.45, 7) is 6.66. The maximum absolute atomic E-state index is 12.0. The summed E-state index contributed by atoms with van der Waals surface area (Å²) in [4.78, 5) is 13.5. The van der Waals surface area contributed by atoms with Crippen LogP contribution in [0.5, 0.6) is 0 Å². The average molecular weight is 393 g/mol. The van der Waals surface area contributed by atoms with Crippen LogP contribution in [-0.4, -0.2) is 50.2 Å². The molecule has 6 nitrogen and oxygen atoms in total. The van der Waals surface area contributed by atoms with Crippen molar-refractivity contribution in [1.29, 1.82) is 0 Å². The zero-order valence-electron chi connectivity index (χ0n) is 12.0. The van der Waals surface area contributed by atoms with Gasteiger partial charge in [0.2, 0.25) is 0 Å². The van der Waals surface area contributed by atoms with Gasteiger partial charge in [0.25, 0.3) is 0 Å². The van der Waals surface area contributed by atoms with E-state index in [4.69, 9.17) is 4.74 Å². The zero-order valence-corrected chi connectivity index (χ0v) is 14.1. The van der Waals surface area contributed by atoms with Gasteiger partial charge in [0.05, 0.1) is 22.9 Å². The summed E-state index contributed by atoms with van der Waals surface area (Å²) in [6.07, 6.45) is 3.77. The van der Waals surface area contributed by atoms with E-state index in [0.717, 1.165) is 3.57 Å². The van der Waals surface area contributed by atoms with E-state index < -0.39 is 11.2 Å². The Kier molecular flexibility index (Phi) is 4.29. The molecule has 20 heavy (non-hydrogen) atoms. The van der Waals surface area contributed by atoms with Gasteiger partial charge in [-0.05, 0) is 49.8 Å². The zero-order chi connectivity index (χ0) is 15.0. The molecule has 2 heterocycles. The minimum Gasteiger partial charge on any atom is -0.444 e. The Balaban J connectivity index is 1.95. The Morgan fingerprint density at radius 2 is 2.30 bits per heavy atom. The third-order valence-electron chi connectivity index (χ3n) is 3.04. The van der Waals surface area contributed by atoms with Crippen LogP contribution in [0, 0.1) is 3.57 Å². The number of ether oxygens (including phenoxy) is 1. The van der Waals surface area contributed by atoms with Crippen molar-refractivity contribution >= 4 is 28.7 Å². The number of hydrogen-bond donors (Lipinski definition) is 1. The van der Waals surface area contributed by atoms with E-state index in [9.17, 15) is 9.90 Å². The fourth-order valence-corrected chi connectivity index (χ4v) is 2.64. The van der Waals surface area contributed by atoms with Crippen molar-refractivity contribution in [3.63, 3.8) is 0 Å². The second kappa shape index (κ2) is 5.51. The summed E-state index contributed by atoms with van der Waals surface area (Å²) in [5.41, 5.74) is -1.46. The Bertz CT molecular complexity index is 497. The summed E-state index contributed by atoms with van der Waals surface area (Å²) < 4.78 is 8.05. The molecule has 1 aromatic rings. The van der Waals surface area contributed by atoms with Crippen LogP contribution in [0.25, 0.3) is 0 Å². The monoisotopic (exact) mass is 393 g/mol. The van der Waals surface area contributed by atoms with E-state index in [2.05, 4.69) is 27.7 Å². The molecule has 2 rings (SSSR count). The fourth-order valence-electron chi connectivity index (χ4n) is 2.19. The minimum absolute atomic E-state index is 0.276. The predicted octanol–water partition coefficient (Wildman–Crippen LogP) is 1.86. The maximum Gasteiger partial charge on any atom is 0.410 e. The quantitative estimate of drug-likeness (QED) is 0.780. The predicted molar refractivity (Wildman–Crippen MR) is 82.3 cm³/mol. The van der Waals surface area contributed by atoms with Crippen LogP contribution in [-0.2, 0) is 11.3 Å². The van der Waals surface area contributed by atoms with Crippen LogP contribution in [0.1, 0.15) is 27.2 Å². The lowest BCUT2D eigenvalue weighted by atomic mass is 10.0. The molecule has 0 spiro atoms. The Morgan fingerprint density at radius 3 is 2.85 bits per heavy atom. The molecule has 0 aromatic carbocycles. The number of rotatable bonds is 2. The van der Waals surface area contributed by atoms with Crippen LogP contribution < -0.4 is 0 Å². The summed E-state index contributed by atoms with van der Waals surface area (Å²) in [5.74, 6) is 0. The number of carbonyl (C=O) groups excluding carboxylic acids is 1. The van der Waals surface area contributed by atoms with E-state index in [1.54, 1.807) is 15.8 Å². The second-order valence-electron chi connectivity index (χ2n) is 6.23. The van der Waals surface area contributed by atoms with E-state index in [1.165, 1.54) is 0 Å². The van der Waals surface area contributed by atoms with Gasteiger partial charge in [-0.3, -0.25) is 4.68 Å². The number of β-amino-alcohol motifs (C(OH)–C–C–N with tert-alkyl or cyclic N) is 1. The van der Waals surface area contributed by atoms with Crippen LogP contribution in [0.4, 0.5) is 4.79 Å². The van der Waals surface area contributed by atoms with Crippen molar-refractivity contribution in [3.8, 4) is 0 Å². The third-order valence-corrected chi connectivity index (χ3v) is 3.60. The number of carbonyl (C=O) groups is 1. The molecule has 112 valence electrons. The summed E-state index contributed by atoms with van der Waals surface area (Å²) in [7, 11) is 0. The van der Waals surface area contributed by atoms with Gasteiger partial charge in [-0.25, -0.2) is 4.79 Å². The molecule has 0 aliphatic carbocycles. The van der Waals surface area contributed by atoms with E-state index in [1.807, 2.05) is 27.0 Å². The van der Waals surface area contributed by atoms with Crippen molar-refractivity contribution < 1.29 is 14.6 Å². The molecule has 1 N–H and O–H groups in total. The Hall–Kier alpha value is -0.830. The molecule has 1 aliphatic heterocycles. The SMILES string of the molecule is CC(C)(C)OC(=O)N1CCC(O)(Cn2cc(I)cn2)C1. The Labute approximate surface area is 132 Å². The van der Waals surface area contributed by atoms with Crippen molar-refractivity contribution in [2.75, 3.05) is 13.1 Å². The van der Waals surface area contributed by atoms with E-state index >= 15 is 0 Å². The smallest absolute Gasteiger partial charge is 0.410 e. The first kappa shape index (κ1) is 15.6. The Morgan fingerprint density at radius 1 is 1.60 bits per heavy atom. The number of aromatic nitrogens is 2. The van der Waals surface area contributed by atoms with Gasteiger partial charge >= 0.3 is 6.09 Å². The molecule has 0 bridgehead atoms. The lowest BCUT2D eigenvalue weighted by Gasteiger charge is -2.26. The van der Waals surface area contributed by atoms with Crippen LogP contribution in [0.3, 0.4) is 0 Å². The van der Waals surface area contributed by atoms with Gasteiger partial charge in [-0.15, -0.1) is 0 Å². The minimum atomic E-state index is -0.938. The molecule has 1 aromatic heterocycles. The molecule has 7 heteroatoms.